The first-order valence-corrected chi connectivity index (χ1v) is 13.0. The fourth-order valence-corrected chi connectivity index (χ4v) is 4.04. The zero-order chi connectivity index (χ0) is 30.4. The van der Waals surface area contributed by atoms with Gasteiger partial charge in [-0.05, 0) is 24.7 Å². The Labute approximate surface area is 228 Å². The summed E-state index contributed by atoms with van der Waals surface area (Å²) in [5.74, 6) is -8.05. The Morgan fingerprint density at radius 2 is 1.36 bits per heavy atom. The molecule has 0 aliphatic rings. The van der Waals surface area contributed by atoms with Crippen molar-refractivity contribution in [3.63, 3.8) is 0 Å². The predicted molar refractivity (Wildman–Crippen MR) is 141 cm³/mol. The minimum Gasteiger partial charge on any atom is -0.370 e. The highest BCUT2D eigenvalue weighted by Crippen LogP contribution is 2.21. The van der Waals surface area contributed by atoms with Gasteiger partial charge in [0.1, 0.15) is 0 Å². The van der Waals surface area contributed by atoms with Gasteiger partial charge in [0.05, 0.1) is 12.1 Å². The molecule has 13 heteroatoms. The van der Waals surface area contributed by atoms with Crippen LogP contribution in [0.15, 0.2) is 0 Å². The van der Waals surface area contributed by atoms with Crippen LogP contribution in [0.3, 0.4) is 0 Å². The molecule has 8 N–H and O–H groups in total. The van der Waals surface area contributed by atoms with Crippen LogP contribution >= 0.6 is 0 Å². The number of nitrogens with two attached hydrogens (primary N) is 3. The van der Waals surface area contributed by atoms with Crippen LogP contribution in [-0.2, 0) is 38.4 Å². The molecule has 0 aromatic carbocycles. The van der Waals surface area contributed by atoms with Gasteiger partial charge in [-0.15, -0.1) is 0 Å². The van der Waals surface area contributed by atoms with Gasteiger partial charge in [-0.3, -0.25) is 38.4 Å². The Morgan fingerprint density at radius 1 is 0.769 bits per heavy atom. The van der Waals surface area contributed by atoms with Crippen LogP contribution in [0.4, 0.5) is 0 Å². The lowest BCUT2D eigenvalue weighted by Gasteiger charge is -2.28. The van der Waals surface area contributed by atoms with Gasteiger partial charge in [0.2, 0.25) is 29.4 Å². The summed E-state index contributed by atoms with van der Waals surface area (Å²) in [6.45, 7) is 8.25. The zero-order valence-electron chi connectivity index (χ0n) is 23.4. The van der Waals surface area contributed by atoms with E-state index in [2.05, 4.69) is 10.6 Å². The quantitative estimate of drug-likeness (QED) is 0.122. The molecule has 0 saturated carbocycles. The van der Waals surface area contributed by atoms with Gasteiger partial charge in [0, 0.05) is 44.4 Å². The summed E-state index contributed by atoms with van der Waals surface area (Å²) in [5, 5.41) is 5.08. The van der Waals surface area contributed by atoms with Crippen molar-refractivity contribution in [1.29, 1.82) is 0 Å². The molecule has 0 rings (SSSR count). The maximum Gasteiger partial charge on any atom is 0.284 e. The van der Waals surface area contributed by atoms with E-state index in [0.717, 1.165) is 6.92 Å². The van der Waals surface area contributed by atoms with Crippen LogP contribution in [0.2, 0.25) is 0 Å². The van der Waals surface area contributed by atoms with Gasteiger partial charge in [0.25, 0.3) is 5.91 Å². The summed E-state index contributed by atoms with van der Waals surface area (Å²) >= 11 is 0. The smallest absolute Gasteiger partial charge is 0.284 e. The number of ketones is 3. The highest BCUT2D eigenvalue weighted by Gasteiger charge is 2.34. The van der Waals surface area contributed by atoms with Crippen LogP contribution < -0.4 is 27.8 Å². The van der Waals surface area contributed by atoms with Crippen molar-refractivity contribution in [1.82, 2.24) is 10.6 Å². The van der Waals surface area contributed by atoms with Crippen LogP contribution in [-0.4, -0.2) is 59.0 Å². The second-order valence-corrected chi connectivity index (χ2v) is 10.2. The normalized spacial score (nSPS) is 14.8. The van der Waals surface area contributed by atoms with Gasteiger partial charge in [-0.1, -0.05) is 34.1 Å². The average molecular weight is 554 g/mol. The van der Waals surface area contributed by atoms with Crippen molar-refractivity contribution in [3.8, 4) is 0 Å². The fourth-order valence-electron chi connectivity index (χ4n) is 4.04. The van der Waals surface area contributed by atoms with Crippen LogP contribution in [0.25, 0.3) is 0 Å². The molecule has 0 saturated heterocycles. The first-order chi connectivity index (χ1) is 18.0. The second-order valence-electron chi connectivity index (χ2n) is 10.2. The molecule has 39 heavy (non-hydrogen) atoms. The number of amides is 5. The summed E-state index contributed by atoms with van der Waals surface area (Å²) in [7, 11) is 0. The summed E-state index contributed by atoms with van der Waals surface area (Å²) < 4.78 is 0. The van der Waals surface area contributed by atoms with Gasteiger partial charge in [0.15, 0.2) is 11.6 Å². The highest BCUT2D eigenvalue weighted by atomic mass is 16.2. The zero-order valence-corrected chi connectivity index (χ0v) is 23.4. The first-order valence-electron chi connectivity index (χ1n) is 13.0. The molecule has 0 radical (unpaired) electrons. The Bertz CT molecular complexity index is 949. The SMILES string of the molecule is CCC(C)[C@H](NC(=O)[C@H](CCC(N)=O)CC(=O)[C@H](CCC(=O)C(N)=O)NC(C)=O)C(=O)C[C@H](C(N)=O)C(C)C. The lowest BCUT2D eigenvalue weighted by Crippen LogP contribution is -2.49. The molecule has 0 aliphatic heterocycles. The molecule has 5 atom stereocenters. The second kappa shape index (κ2) is 17.0. The third-order valence-electron chi connectivity index (χ3n) is 6.71. The van der Waals surface area contributed by atoms with Crippen molar-refractivity contribution >= 4 is 46.9 Å². The fraction of sp³-hybridized carbons (Fsp3) is 0.692. The molecule has 0 fully saturated rings. The molecule has 0 aromatic heterocycles. The molecule has 5 amide bonds. The lowest BCUT2D eigenvalue weighted by molar-refractivity contribution is -0.137. The topological polar surface area (TPSA) is 239 Å². The number of hydrogen-bond acceptors (Lipinski definition) is 8. The van der Waals surface area contributed by atoms with E-state index in [4.69, 9.17) is 17.2 Å². The molecular formula is C26H43N5O8. The van der Waals surface area contributed by atoms with Crippen LogP contribution in [0.1, 0.15) is 79.6 Å². The number of hydrogen-bond donors (Lipinski definition) is 5. The number of primary amides is 3. The number of Topliss-reactive ketones (excluding diaryl/α,β-unsaturated/α-hetero) is 3. The molecule has 13 nitrogen and oxygen atoms in total. The number of carbonyl (C=O) groups excluding carboxylic acids is 8. The van der Waals surface area contributed by atoms with E-state index in [9.17, 15) is 38.4 Å². The van der Waals surface area contributed by atoms with E-state index < -0.39 is 83.6 Å². The summed E-state index contributed by atoms with van der Waals surface area (Å²) in [4.78, 5) is 97.1. The number of nitrogens with one attached hydrogen (secondary N) is 2. The Kier molecular flexibility index (Phi) is 15.5. The largest absolute Gasteiger partial charge is 0.370 e. The van der Waals surface area contributed by atoms with Crippen molar-refractivity contribution in [3.05, 3.63) is 0 Å². The van der Waals surface area contributed by atoms with E-state index in [1.54, 1.807) is 20.8 Å². The van der Waals surface area contributed by atoms with Crippen molar-refractivity contribution < 1.29 is 38.4 Å². The minimum atomic E-state index is -1.19. The van der Waals surface area contributed by atoms with E-state index in [1.165, 1.54) is 0 Å². The number of carbonyl (C=O) groups is 8. The standard InChI is InChI=1S/C26H43N5O8/c1-6-14(4)23(21(35)12-17(13(2)3)24(28)37)31-26(39)16(7-10-22(27)36)11-20(34)18(30-15(5)32)8-9-19(33)25(29)38/h13-14,16-18,23H,6-12H2,1-5H3,(H2,27,36)(H2,28,37)(H2,29,38)(H,30,32)(H,31,39)/t14?,16-,17+,18+,23+/m1/s1. The Hall–Kier alpha value is -3.64. The Morgan fingerprint density at radius 3 is 1.79 bits per heavy atom. The molecule has 0 heterocycles. The van der Waals surface area contributed by atoms with Gasteiger partial charge >= 0.3 is 0 Å². The molecule has 0 aliphatic carbocycles. The third kappa shape index (κ3) is 13.1. The van der Waals surface area contributed by atoms with Crippen LogP contribution in [0, 0.1) is 23.7 Å². The maximum absolute atomic E-state index is 13.3. The maximum atomic E-state index is 13.3. The monoisotopic (exact) mass is 553 g/mol. The van der Waals surface area contributed by atoms with E-state index in [0.29, 0.717) is 6.42 Å². The van der Waals surface area contributed by atoms with E-state index in [-0.39, 0.29) is 37.5 Å². The number of rotatable bonds is 20. The summed E-state index contributed by atoms with van der Waals surface area (Å²) in [5.41, 5.74) is 15.6. The van der Waals surface area contributed by atoms with Gasteiger partial charge in [-0.2, -0.15) is 0 Å². The molecule has 0 spiro atoms. The van der Waals surface area contributed by atoms with Crippen molar-refractivity contribution in [2.75, 3.05) is 0 Å². The molecule has 1 unspecified atom stereocenters. The predicted octanol–water partition coefficient (Wildman–Crippen LogP) is -0.586. The van der Waals surface area contributed by atoms with Crippen molar-refractivity contribution in [2.24, 2.45) is 40.9 Å². The average Bonchev–Trinajstić information content (AvgIpc) is 2.83. The minimum absolute atomic E-state index is 0.114. The van der Waals surface area contributed by atoms with Gasteiger partial charge in [-0.25, -0.2) is 0 Å². The molecule has 0 aromatic rings. The van der Waals surface area contributed by atoms with Crippen LogP contribution in [0.5, 0.6) is 0 Å². The summed E-state index contributed by atoms with van der Waals surface area (Å²) in [6, 6.07) is -2.17. The Balaban J connectivity index is 5.91. The molecule has 0 bridgehead atoms. The first kappa shape index (κ1) is 35.4. The van der Waals surface area contributed by atoms with Crippen molar-refractivity contribution in [2.45, 2.75) is 91.6 Å². The highest BCUT2D eigenvalue weighted by molar-refractivity contribution is 6.35. The summed E-state index contributed by atoms with van der Waals surface area (Å²) in [6.07, 6.45) is -1.05. The lowest BCUT2D eigenvalue weighted by atomic mass is 9.84. The van der Waals surface area contributed by atoms with Gasteiger partial charge < -0.3 is 27.8 Å². The molecule has 220 valence electrons. The molecular weight excluding hydrogens is 510 g/mol. The van der Waals surface area contributed by atoms with E-state index >= 15 is 0 Å². The third-order valence-corrected chi connectivity index (χ3v) is 6.71. The van der Waals surface area contributed by atoms with E-state index in [1.807, 2.05) is 6.92 Å².